The number of amides is 1. The summed E-state index contributed by atoms with van der Waals surface area (Å²) < 4.78 is 40.8. The molecule has 2 aromatic rings. The summed E-state index contributed by atoms with van der Waals surface area (Å²) in [6.07, 6.45) is -4.24. The SMILES string of the molecule is O=C(Nc1nc2cc3c(cc2s1)OC(F)(F)O3)[C@H]1CNCCO1. The fourth-order valence-corrected chi connectivity index (χ4v) is 3.22. The summed E-state index contributed by atoms with van der Waals surface area (Å²) in [6.45, 7) is 1.61. The predicted molar refractivity (Wildman–Crippen MR) is 77.1 cm³/mol. The number of nitrogens with zero attached hydrogens (tertiary/aromatic N) is 1. The van der Waals surface area contributed by atoms with Crippen molar-refractivity contribution in [3.63, 3.8) is 0 Å². The number of alkyl halides is 2. The fourth-order valence-electron chi connectivity index (χ4n) is 2.35. The molecule has 1 aromatic carbocycles. The number of thiazole rings is 1. The molecule has 0 saturated carbocycles. The Morgan fingerprint density at radius 2 is 2.17 bits per heavy atom. The Bertz CT molecular complexity index is 731. The van der Waals surface area contributed by atoms with Crippen LogP contribution in [0.4, 0.5) is 13.9 Å². The summed E-state index contributed by atoms with van der Waals surface area (Å²) in [5, 5.41) is 6.08. The lowest BCUT2D eigenvalue weighted by Gasteiger charge is -2.22. The van der Waals surface area contributed by atoms with Gasteiger partial charge in [-0.3, -0.25) is 10.1 Å². The van der Waals surface area contributed by atoms with Crippen molar-refractivity contribution in [2.45, 2.75) is 12.4 Å². The standard InChI is InChI=1S/C13H11F2N3O4S/c14-13(15)21-7-3-6-10(4-8(7)22-13)23-12(17-6)18-11(19)9-5-16-1-2-20-9/h3-4,9,16H,1-2,5H2,(H,17,18,19)/t9-/m1/s1. The first kappa shape index (κ1) is 14.5. The van der Waals surface area contributed by atoms with E-state index in [2.05, 4.69) is 25.1 Å². The number of morpholine rings is 1. The van der Waals surface area contributed by atoms with E-state index >= 15 is 0 Å². The lowest BCUT2D eigenvalue weighted by atomic mass is 10.3. The van der Waals surface area contributed by atoms with E-state index < -0.39 is 12.4 Å². The van der Waals surface area contributed by atoms with Crippen LogP contribution in [0.15, 0.2) is 12.1 Å². The molecule has 0 radical (unpaired) electrons. The smallest absolute Gasteiger partial charge is 0.395 e. The first-order valence-electron chi connectivity index (χ1n) is 6.84. The molecule has 23 heavy (non-hydrogen) atoms. The van der Waals surface area contributed by atoms with E-state index in [1.807, 2.05) is 0 Å². The van der Waals surface area contributed by atoms with Crippen molar-refractivity contribution in [2.75, 3.05) is 25.0 Å². The highest BCUT2D eigenvalue weighted by molar-refractivity contribution is 7.22. The number of hydrogen-bond acceptors (Lipinski definition) is 7. The number of rotatable bonds is 2. The van der Waals surface area contributed by atoms with Crippen LogP contribution < -0.4 is 20.1 Å². The molecule has 10 heteroatoms. The van der Waals surface area contributed by atoms with Crippen LogP contribution in [0, 0.1) is 0 Å². The van der Waals surface area contributed by atoms with Gasteiger partial charge in [0.05, 0.1) is 16.8 Å². The third kappa shape index (κ3) is 2.80. The van der Waals surface area contributed by atoms with Crippen molar-refractivity contribution < 1.29 is 27.8 Å². The van der Waals surface area contributed by atoms with Gasteiger partial charge in [0.2, 0.25) is 0 Å². The van der Waals surface area contributed by atoms with E-state index in [1.54, 1.807) is 0 Å². The third-order valence-corrected chi connectivity index (χ3v) is 4.30. The number of fused-ring (bicyclic) bond motifs is 2. The van der Waals surface area contributed by atoms with Gasteiger partial charge in [-0.15, -0.1) is 8.78 Å². The summed E-state index contributed by atoms with van der Waals surface area (Å²) in [6, 6.07) is 2.77. The average Bonchev–Trinajstić information content (AvgIpc) is 3.02. The van der Waals surface area contributed by atoms with Crippen LogP contribution in [0.25, 0.3) is 10.2 Å². The number of benzene rings is 1. The maximum absolute atomic E-state index is 13.0. The number of nitrogens with one attached hydrogen (secondary N) is 2. The Hall–Kier alpha value is -2.04. The molecule has 2 N–H and O–H groups in total. The monoisotopic (exact) mass is 343 g/mol. The Morgan fingerprint density at radius 3 is 2.91 bits per heavy atom. The molecule has 0 aliphatic carbocycles. The second kappa shape index (κ2) is 5.25. The van der Waals surface area contributed by atoms with E-state index in [-0.39, 0.29) is 17.4 Å². The van der Waals surface area contributed by atoms with E-state index in [0.717, 1.165) is 11.3 Å². The van der Waals surface area contributed by atoms with Gasteiger partial charge in [0.25, 0.3) is 5.91 Å². The Balaban J connectivity index is 1.55. The first-order valence-corrected chi connectivity index (χ1v) is 7.65. The zero-order valence-electron chi connectivity index (χ0n) is 11.6. The number of aromatic nitrogens is 1. The Morgan fingerprint density at radius 1 is 1.39 bits per heavy atom. The summed E-state index contributed by atoms with van der Waals surface area (Å²) in [7, 11) is 0. The second-order valence-corrected chi connectivity index (χ2v) is 6.04. The van der Waals surface area contributed by atoms with Crippen molar-refractivity contribution in [2.24, 2.45) is 0 Å². The van der Waals surface area contributed by atoms with Crippen LogP contribution in [0.3, 0.4) is 0 Å². The highest BCUT2D eigenvalue weighted by atomic mass is 32.1. The molecule has 1 amide bonds. The number of carbonyl (C=O) groups excluding carboxylic acids is 1. The molecule has 122 valence electrons. The second-order valence-electron chi connectivity index (χ2n) is 5.01. The van der Waals surface area contributed by atoms with Gasteiger partial charge in [-0.2, -0.15) is 0 Å². The van der Waals surface area contributed by atoms with Gasteiger partial charge < -0.3 is 19.5 Å². The van der Waals surface area contributed by atoms with Crippen LogP contribution >= 0.6 is 11.3 Å². The molecule has 0 unspecified atom stereocenters. The van der Waals surface area contributed by atoms with E-state index in [0.29, 0.717) is 35.0 Å². The van der Waals surface area contributed by atoms with Crippen molar-refractivity contribution in [3.8, 4) is 11.5 Å². The Kier molecular flexibility index (Phi) is 3.32. The number of ether oxygens (including phenoxy) is 3. The number of anilines is 1. The molecular formula is C13H11F2N3O4S. The van der Waals surface area contributed by atoms with Crippen molar-refractivity contribution in [1.29, 1.82) is 0 Å². The predicted octanol–water partition coefficient (Wildman–Crippen LogP) is 1.54. The molecular weight excluding hydrogens is 332 g/mol. The van der Waals surface area contributed by atoms with Crippen LogP contribution in [-0.2, 0) is 9.53 Å². The first-order chi connectivity index (χ1) is 11.0. The zero-order chi connectivity index (χ0) is 16.0. The van der Waals surface area contributed by atoms with Crippen molar-refractivity contribution in [3.05, 3.63) is 12.1 Å². The molecule has 0 spiro atoms. The lowest BCUT2D eigenvalue weighted by molar-refractivity contribution is -0.286. The van der Waals surface area contributed by atoms with Gasteiger partial charge in [0, 0.05) is 25.2 Å². The van der Waals surface area contributed by atoms with Crippen molar-refractivity contribution >= 4 is 32.6 Å². The summed E-state index contributed by atoms with van der Waals surface area (Å²) >= 11 is 1.16. The highest BCUT2D eigenvalue weighted by Crippen LogP contribution is 2.44. The molecule has 7 nitrogen and oxygen atoms in total. The molecule has 1 atom stereocenters. The maximum Gasteiger partial charge on any atom is 0.586 e. The molecule has 3 heterocycles. The molecule has 2 aliphatic rings. The fraction of sp³-hybridized carbons (Fsp3) is 0.385. The van der Waals surface area contributed by atoms with Gasteiger partial charge >= 0.3 is 6.29 Å². The summed E-state index contributed by atoms with van der Waals surface area (Å²) in [4.78, 5) is 16.3. The third-order valence-electron chi connectivity index (χ3n) is 3.36. The molecule has 1 saturated heterocycles. The zero-order valence-corrected chi connectivity index (χ0v) is 12.4. The maximum atomic E-state index is 13.0. The molecule has 1 aromatic heterocycles. The lowest BCUT2D eigenvalue weighted by Crippen LogP contribution is -2.45. The minimum Gasteiger partial charge on any atom is -0.395 e. The van der Waals surface area contributed by atoms with Gasteiger partial charge in [-0.05, 0) is 0 Å². The topological polar surface area (TPSA) is 81.7 Å². The average molecular weight is 343 g/mol. The van der Waals surface area contributed by atoms with E-state index in [4.69, 9.17) is 4.74 Å². The quantitative estimate of drug-likeness (QED) is 0.861. The van der Waals surface area contributed by atoms with E-state index in [1.165, 1.54) is 12.1 Å². The van der Waals surface area contributed by atoms with Gasteiger partial charge in [0.1, 0.15) is 6.10 Å². The summed E-state index contributed by atoms with van der Waals surface area (Å²) in [5.74, 6) is -0.433. The van der Waals surface area contributed by atoms with Gasteiger partial charge in [0.15, 0.2) is 16.6 Å². The van der Waals surface area contributed by atoms with Crippen LogP contribution in [0.5, 0.6) is 11.5 Å². The number of carbonyl (C=O) groups is 1. The van der Waals surface area contributed by atoms with Crippen LogP contribution in [-0.4, -0.2) is 43.0 Å². The molecule has 4 rings (SSSR count). The molecule has 2 aliphatic heterocycles. The molecule has 0 bridgehead atoms. The van der Waals surface area contributed by atoms with Crippen molar-refractivity contribution in [1.82, 2.24) is 10.3 Å². The Labute approximate surface area is 132 Å². The van der Waals surface area contributed by atoms with E-state index in [9.17, 15) is 13.6 Å². The molecule has 1 fully saturated rings. The largest absolute Gasteiger partial charge is 0.586 e. The van der Waals surface area contributed by atoms with Crippen LogP contribution in [0.1, 0.15) is 0 Å². The van der Waals surface area contributed by atoms with Crippen LogP contribution in [0.2, 0.25) is 0 Å². The minimum absolute atomic E-state index is 0.0520. The van der Waals surface area contributed by atoms with Gasteiger partial charge in [-0.25, -0.2) is 4.98 Å². The highest BCUT2D eigenvalue weighted by Gasteiger charge is 2.43. The number of hydrogen-bond donors (Lipinski definition) is 2. The normalized spacial score (nSPS) is 22.3. The minimum atomic E-state index is -3.66. The number of halogens is 2. The summed E-state index contributed by atoms with van der Waals surface area (Å²) in [5.41, 5.74) is 0.438. The van der Waals surface area contributed by atoms with Gasteiger partial charge in [-0.1, -0.05) is 11.3 Å².